The Morgan fingerprint density at radius 1 is 1.15 bits per heavy atom. The maximum atomic E-state index is 11.8. The number of carbonyl (C=O) groups excluding carboxylic acids is 1. The number of hydrogen-bond acceptors (Lipinski definition) is 3. The average molecular weight is 268 g/mol. The van der Waals surface area contributed by atoms with Crippen LogP contribution in [0.2, 0.25) is 0 Å². The number of benzene rings is 1. The van der Waals surface area contributed by atoms with E-state index < -0.39 is 0 Å². The van der Waals surface area contributed by atoms with Crippen molar-refractivity contribution >= 4 is 5.91 Å². The summed E-state index contributed by atoms with van der Waals surface area (Å²) >= 11 is 0. The van der Waals surface area contributed by atoms with Gasteiger partial charge in [0.2, 0.25) is 11.8 Å². The molecule has 2 unspecified atom stereocenters. The monoisotopic (exact) mass is 268 g/mol. The van der Waals surface area contributed by atoms with Crippen molar-refractivity contribution in [2.45, 2.75) is 18.4 Å². The van der Waals surface area contributed by atoms with Gasteiger partial charge in [0, 0.05) is 24.6 Å². The van der Waals surface area contributed by atoms with Gasteiger partial charge in [-0.25, -0.2) is 4.98 Å². The third-order valence-corrected chi connectivity index (χ3v) is 3.68. The fourth-order valence-electron chi connectivity index (χ4n) is 2.67. The first-order chi connectivity index (χ1) is 9.78. The van der Waals surface area contributed by atoms with Gasteiger partial charge in [-0.15, -0.1) is 0 Å². The average Bonchev–Trinajstić information content (AvgIpc) is 2.90. The molecule has 0 saturated carbocycles. The summed E-state index contributed by atoms with van der Waals surface area (Å²) in [7, 11) is 1.59. The van der Waals surface area contributed by atoms with Crippen LogP contribution in [-0.4, -0.2) is 18.0 Å². The van der Waals surface area contributed by atoms with Crippen LogP contribution in [0, 0.1) is 0 Å². The minimum atomic E-state index is 0.0129. The van der Waals surface area contributed by atoms with Crippen molar-refractivity contribution in [1.29, 1.82) is 0 Å². The summed E-state index contributed by atoms with van der Waals surface area (Å²) in [4.78, 5) is 16.0. The fourth-order valence-corrected chi connectivity index (χ4v) is 2.67. The van der Waals surface area contributed by atoms with Gasteiger partial charge in [-0.05, 0) is 11.1 Å². The van der Waals surface area contributed by atoms with E-state index in [4.69, 9.17) is 4.74 Å². The second-order valence-electron chi connectivity index (χ2n) is 4.90. The normalized spacial score (nSPS) is 21.6. The van der Waals surface area contributed by atoms with E-state index in [1.165, 1.54) is 0 Å². The van der Waals surface area contributed by atoms with E-state index in [2.05, 4.69) is 10.3 Å². The summed E-state index contributed by atoms with van der Waals surface area (Å²) in [6, 6.07) is 13.9. The predicted octanol–water partition coefficient (Wildman–Crippen LogP) is 2.44. The van der Waals surface area contributed by atoms with E-state index in [-0.39, 0.29) is 17.9 Å². The lowest BCUT2D eigenvalue weighted by molar-refractivity contribution is -0.119. The van der Waals surface area contributed by atoms with Crippen LogP contribution in [-0.2, 0) is 4.79 Å². The van der Waals surface area contributed by atoms with Crippen molar-refractivity contribution in [2.75, 3.05) is 7.11 Å². The molecule has 2 aromatic rings. The van der Waals surface area contributed by atoms with Crippen LogP contribution in [0.3, 0.4) is 0 Å². The maximum absolute atomic E-state index is 11.8. The molecule has 0 aliphatic carbocycles. The van der Waals surface area contributed by atoms with Crippen LogP contribution in [0.15, 0.2) is 48.7 Å². The number of aromatic nitrogens is 1. The van der Waals surface area contributed by atoms with E-state index in [1.807, 2.05) is 42.5 Å². The summed E-state index contributed by atoms with van der Waals surface area (Å²) < 4.78 is 5.07. The molecule has 102 valence electrons. The van der Waals surface area contributed by atoms with Gasteiger partial charge in [-0.2, -0.15) is 0 Å². The number of carbonyl (C=O) groups is 1. The number of pyridine rings is 1. The summed E-state index contributed by atoms with van der Waals surface area (Å²) in [5.41, 5.74) is 2.18. The number of hydrogen-bond donors (Lipinski definition) is 1. The first-order valence-electron chi connectivity index (χ1n) is 6.62. The van der Waals surface area contributed by atoms with Crippen molar-refractivity contribution < 1.29 is 9.53 Å². The molecule has 4 heteroatoms. The molecule has 1 amide bonds. The van der Waals surface area contributed by atoms with Crippen molar-refractivity contribution in [3.63, 3.8) is 0 Å². The molecule has 2 atom stereocenters. The molecule has 2 heterocycles. The lowest BCUT2D eigenvalue weighted by atomic mass is 9.89. The van der Waals surface area contributed by atoms with Crippen molar-refractivity contribution in [3.05, 3.63) is 59.8 Å². The molecule has 0 spiro atoms. The molecule has 1 aliphatic heterocycles. The Morgan fingerprint density at radius 2 is 1.95 bits per heavy atom. The first-order valence-corrected chi connectivity index (χ1v) is 6.62. The zero-order valence-corrected chi connectivity index (χ0v) is 11.2. The van der Waals surface area contributed by atoms with Gasteiger partial charge < -0.3 is 10.1 Å². The number of nitrogens with one attached hydrogen (secondary N) is 1. The highest BCUT2D eigenvalue weighted by atomic mass is 16.5. The highest BCUT2D eigenvalue weighted by molar-refractivity contribution is 5.80. The largest absolute Gasteiger partial charge is 0.481 e. The van der Waals surface area contributed by atoms with Crippen LogP contribution in [0.25, 0.3) is 0 Å². The Bertz CT molecular complexity index is 596. The van der Waals surface area contributed by atoms with Crippen LogP contribution in [0.1, 0.15) is 29.5 Å². The second-order valence-corrected chi connectivity index (χ2v) is 4.90. The van der Waals surface area contributed by atoms with Gasteiger partial charge in [0.15, 0.2) is 0 Å². The van der Waals surface area contributed by atoms with E-state index >= 15 is 0 Å². The number of rotatable bonds is 3. The van der Waals surface area contributed by atoms with Gasteiger partial charge in [0.25, 0.3) is 0 Å². The van der Waals surface area contributed by atoms with Gasteiger partial charge in [0.05, 0.1) is 13.2 Å². The predicted molar refractivity (Wildman–Crippen MR) is 75.5 cm³/mol. The minimum absolute atomic E-state index is 0.0129. The molecule has 0 radical (unpaired) electrons. The molecule has 0 bridgehead atoms. The van der Waals surface area contributed by atoms with Crippen molar-refractivity contribution in [3.8, 4) is 5.88 Å². The molecule has 3 rings (SSSR count). The summed E-state index contributed by atoms with van der Waals surface area (Å²) in [5, 5.41) is 3.05. The SMILES string of the molecule is COc1ccc(C2CC(=O)NC2c2ccccc2)cn1. The van der Waals surface area contributed by atoms with Crippen LogP contribution >= 0.6 is 0 Å². The molecule has 1 aromatic heterocycles. The number of ether oxygens (including phenoxy) is 1. The smallest absolute Gasteiger partial charge is 0.221 e. The first kappa shape index (κ1) is 12.7. The number of amides is 1. The standard InChI is InChI=1S/C16H16N2O2/c1-20-15-8-7-12(10-17-15)13-9-14(19)18-16(13)11-5-3-2-4-6-11/h2-8,10,13,16H,9H2,1H3,(H,18,19). The molecule has 1 aliphatic rings. The summed E-state index contributed by atoms with van der Waals surface area (Å²) in [6.45, 7) is 0. The van der Waals surface area contributed by atoms with Gasteiger partial charge >= 0.3 is 0 Å². The lowest BCUT2D eigenvalue weighted by Crippen LogP contribution is -2.20. The van der Waals surface area contributed by atoms with Crippen molar-refractivity contribution in [1.82, 2.24) is 10.3 Å². The number of nitrogens with zero attached hydrogens (tertiary/aromatic N) is 1. The summed E-state index contributed by atoms with van der Waals surface area (Å²) in [5.74, 6) is 0.783. The van der Waals surface area contributed by atoms with E-state index in [0.29, 0.717) is 12.3 Å². The van der Waals surface area contributed by atoms with E-state index in [1.54, 1.807) is 13.3 Å². The molecule has 1 aromatic carbocycles. The Balaban J connectivity index is 1.91. The molecule has 1 fully saturated rings. The highest BCUT2D eigenvalue weighted by Gasteiger charge is 2.34. The second kappa shape index (κ2) is 5.33. The van der Waals surface area contributed by atoms with E-state index in [9.17, 15) is 4.79 Å². The van der Waals surface area contributed by atoms with Crippen LogP contribution in [0.5, 0.6) is 5.88 Å². The Morgan fingerprint density at radius 3 is 2.60 bits per heavy atom. The zero-order valence-electron chi connectivity index (χ0n) is 11.2. The Labute approximate surface area is 117 Å². The third-order valence-electron chi connectivity index (χ3n) is 3.68. The Hall–Kier alpha value is -2.36. The summed E-state index contributed by atoms with van der Waals surface area (Å²) in [6.07, 6.45) is 2.29. The lowest BCUT2D eigenvalue weighted by Gasteiger charge is -2.19. The minimum Gasteiger partial charge on any atom is -0.481 e. The topological polar surface area (TPSA) is 51.2 Å². The molecule has 1 saturated heterocycles. The van der Waals surface area contributed by atoms with Crippen molar-refractivity contribution in [2.24, 2.45) is 0 Å². The van der Waals surface area contributed by atoms with E-state index in [0.717, 1.165) is 11.1 Å². The third kappa shape index (κ3) is 2.37. The van der Waals surface area contributed by atoms with Crippen LogP contribution in [0.4, 0.5) is 0 Å². The number of methoxy groups -OCH3 is 1. The molecule has 4 nitrogen and oxygen atoms in total. The highest BCUT2D eigenvalue weighted by Crippen LogP contribution is 2.38. The van der Waals surface area contributed by atoms with Gasteiger partial charge in [-0.3, -0.25) is 4.79 Å². The van der Waals surface area contributed by atoms with Crippen LogP contribution < -0.4 is 10.1 Å². The van der Waals surface area contributed by atoms with Gasteiger partial charge in [0.1, 0.15) is 0 Å². The molecule has 1 N–H and O–H groups in total. The van der Waals surface area contributed by atoms with Gasteiger partial charge in [-0.1, -0.05) is 36.4 Å². The molecular formula is C16H16N2O2. The molecule has 20 heavy (non-hydrogen) atoms. The zero-order chi connectivity index (χ0) is 13.9. The maximum Gasteiger partial charge on any atom is 0.221 e. The fraction of sp³-hybridized carbons (Fsp3) is 0.250. The quantitative estimate of drug-likeness (QED) is 0.930. The Kier molecular flexibility index (Phi) is 3.37. The molecular weight excluding hydrogens is 252 g/mol.